The molecule has 6 rings (SSSR count). The molecule has 0 saturated carbocycles. The Morgan fingerprint density at radius 1 is 1.09 bits per heavy atom. The summed E-state index contributed by atoms with van der Waals surface area (Å²) in [4.78, 5) is 17.9. The van der Waals surface area contributed by atoms with Gasteiger partial charge in [0.1, 0.15) is 5.52 Å². The van der Waals surface area contributed by atoms with E-state index in [1.807, 2.05) is 48.0 Å². The Kier molecular flexibility index (Phi) is 4.76. The number of anilines is 1. The molecule has 1 fully saturated rings. The minimum absolute atomic E-state index is 0.0312. The molecule has 2 N–H and O–H groups in total. The van der Waals surface area contributed by atoms with Crippen molar-refractivity contribution in [2.75, 3.05) is 18.0 Å². The fraction of sp³-hybridized carbons (Fsp3) is 0.417. The molecule has 2 aliphatic rings. The van der Waals surface area contributed by atoms with Crippen LogP contribution in [0.1, 0.15) is 45.9 Å². The van der Waals surface area contributed by atoms with Gasteiger partial charge in [0.2, 0.25) is 0 Å². The number of halogens is 1. The third kappa shape index (κ3) is 3.11. The van der Waals surface area contributed by atoms with E-state index in [0.717, 1.165) is 77.0 Å². The Bertz CT molecular complexity index is 1380. The van der Waals surface area contributed by atoms with Crippen LogP contribution in [0, 0.1) is 26.2 Å². The second kappa shape index (κ2) is 7.48. The summed E-state index contributed by atoms with van der Waals surface area (Å²) in [5.74, 6) is 0.973. The summed E-state index contributed by atoms with van der Waals surface area (Å²) in [6, 6.07) is 3.99. The highest BCUT2D eigenvalue weighted by Gasteiger charge is 2.48. The molecule has 9 heteroatoms. The Morgan fingerprint density at radius 2 is 1.88 bits per heavy atom. The van der Waals surface area contributed by atoms with Gasteiger partial charge in [-0.2, -0.15) is 5.10 Å². The van der Waals surface area contributed by atoms with Gasteiger partial charge in [0, 0.05) is 29.7 Å². The molecule has 0 radical (unpaired) electrons. The minimum atomic E-state index is 0.0312. The molecule has 1 aliphatic heterocycles. The highest BCUT2D eigenvalue weighted by Crippen LogP contribution is 2.52. The zero-order chi connectivity index (χ0) is 22.9. The molecule has 0 bridgehead atoms. The molecule has 1 aliphatic carbocycles. The average molecular weight is 480 g/mol. The van der Waals surface area contributed by atoms with E-state index in [2.05, 4.69) is 21.9 Å². The number of aromatic nitrogens is 5. The minimum Gasteiger partial charge on any atom is -0.355 e. The molecule has 4 aromatic rings. The van der Waals surface area contributed by atoms with Crippen LogP contribution in [0.15, 0.2) is 24.5 Å². The summed E-state index contributed by atoms with van der Waals surface area (Å²) in [5, 5.41) is 6.40. The lowest BCUT2D eigenvalue weighted by molar-refractivity contribution is 0.186. The molecule has 0 unspecified atom stereocenters. The maximum atomic E-state index is 6.74. The van der Waals surface area contributed by atoms with E-state index in [1.54, 1.807) is 6.20 Å². The maximum Gasteiger partial charge on any atom is 0.155 e. The van der Waals surface area contributed by atoms with E-state index in [-0.39, 0.29) is 11.5 Å². The van der Waals surface area contributed by atoms with Crippen molar-refractivity contribution >= 4 is 34.3 Å². The number of rotatable bonds is 2. The molecule has 0 aromatic carbocycles. The monoisotopic (exact) mass is 479 g/mol. The number of pyridine rings is 1. The predicted octanol–water partition coefficient (Wildman–Crippen LogP) is 4.67. The van der Waals surface area contributed by atoms with Gasteiger partial charge >= 0.3 is 0 Å². The number of hydrogen-bond donors (Lipinski definition) is 1. The van der Waals surface area contributed by atoms with E-state index in [4.69, 9.17) is 27.3 Å². The van der Waals surface area contributed by atoms with Crippen LogP contribution in [0.4, 0.5) is 5.82 Å². The molecule has 1 atom stereocenters. The topological polar surface area (TPSA) is 85.2 Å². The molecule has 170 valence electrons. The van der Waals surface area contributed by atoms with Gasteiger partial charge < -0.3 is 10.6 Å². The summed E-state index contributed by atoms with van der Waals surface area (Å²) in [7, 11) is 0. The van der Waals surface area contributed by atoms with E-state index < -0.39 is 0 Å². The number of nitrogens with two attached hydrogens (primary N) is 1. The normalized spacial score (nSPS) is 19.5. The van der Waals surface area contributed by atoms with Gasteiger partial charge in [-0.15, -0.1) is 11.3 Å². The van der Waals surface area contributed by atoms with Crippen molar-refractivity contribution in [2.45, 2.75) is 46.1 Å². The Morgan fingerprint density at radius 3 is 2.64 bits per heavy atom. The predicted molar refractivity (Wildman–Crippen MR) is 132 cm³/mol. The molecule has 1 saturated heterocycles. The average Bonchev–Trinajstić information content (AvgIpc) is 3.47. The van der Waals surface area contributed by atoms with Gasteiger partial charge in [0.05, 0.1) is 45.0 Å². The highest BCUT2D eigenvalue weighted by molar-refractivity contribution is 7.11. The van der Waals surface area contributed by atoms with Gasteiger partial charge in [-0.05, 0) is 57.6 Å². The molecule has 4 aromatic heterocycles. The molecule has 5 heterocycles. The number of fused-ring (bicyclic) bond motifs is 2. The number of hydrogen-bond acceptors (Lipinski definition) is 7. The van der Waals surface area contributed by atoms with Crippen molar-refractivity contribution in [1.29, 1.82) is 0 Å². The van der Waals surface area contributed by atoms with E-state index in [1.165, 1.54) is 4.88 Å². The lowest BCUT2D eigenvalue weighted by Gasteiger charge is -2.42. The SMILES string of the molecule is Cc1nc2c(s1)CC1(CCN(c3nc(C)c(-c4ccnc(C)c4Cl)n4nccc34)CC1)[C@@H]2N. The smallest absolute Gasteiger partial charge is 0.155 e. The van der Waals surface area contributed by atoms with Crippen LogP contribution in [0.25, 0.3) is 16.8 Å². The van der Waals surface area contributed by atoms with Crippen molar-refractivity contribution in [1.82, 2.24) is 24.6 Å². The number of aryl methyl sites for hydroxylation is 3. The van der Waals surface area contributed by atoms with Crippen LogP contribution in [-0.4, -0.2) is 37.7 Å². The second-order valence-electron chi connectivity index (χ2n) is 9.30. The Balaban J connectivity index is 1.34. The molecule has 1 spiro atoms. The highest BCUT2D eigenvalue weighted by atomic mass is 35.5. The van der Waals surface area contributed by atoms with Crippen LogP contribution in [0.3, 0.4) is 0 Å². The van der Waals surface area contributed by atoms with Gasteiger partial charge in [0.15, 0.2) is 5.82 Å². The Hall–Kier alpha value is -2.55. The van der Waals surface area contributed by atoms with Gasteiger partial charge in [-0.25, -0.2) is 14.5 Å². The zero-order valence-electron chi connectivity index (χ0n) is 19.0. The van der Waals surface area contributed by atoms with E-state index in [9.17, 15) is 0 Å². The largest absolute Gasteiger partial charge is 0.355 e. The van der Waals surface area contributed by atoms with Crippen LogP contribution >= 0.6 is 22.9 Å². The third-order valence-electron chi connectivity index (χ3n) is 7.38. The first-order valence-electron chi connectivity index (χ1n) is 11.3. The van der Waals surface area contributed by atoms with Gasteiger partial charge in [0.25, 0.3) is 0 Å². The molecular formula is C24H26ClN7S. The Labute approximate surface area is 201 Å². The van der Waals surface area contributed by atoms with Crippen LogP contribution < -0.4 is 10.6 Å². The van der Waals surface area contributed by atoms with E-state index >= 15 is 0 Å². The van der Waals surface area contributed by atoms with Crippen molar-refractivity contribution in [2.24, 2.45) is 11.1 Å². The van der Waals surface area contributed by atoms with Crippen molar-refractivity contribution < 1.29 is 0 Å². The fourth-order valence-corrected chi connectivity index (χ4v) is 6.91. The quantitative estimate of drug-likeness (QED) is 0.449. The summed E-state index contributed by atoms with van der Waals surface area (Å²) >= 11 is 8.43. The van der Waals surface area contributed by atoms with E-state index in [0.29, 0.717) is 5.02 Å². The summed E-state index contributed by atoms with van der Waals surface area (Å²) in [6.07, 6.45) is 6.73. The lowest BCUT2D eigenvalue weighted by atomic mass is 9.73. The van der Waals surface area contributed by atoms with Crippen LogP contribution in [0.2, 0.25) is 5.02 Å². The zero-order valence-corrected chi connectivity index (χ0v) is 20.5. The first kappa shape index (κ1) is 21.0. The third-order valence-corrected chi connectivity index (χ3v) is 8.84. The first-order valence-corrected chi connectivity index (χ1v) is 12.5. The fourth-order valence-electron chi connectivity index (χ4n) is 5.57. The molecule has 7 nitrogen and oxygen atoms in total. The van der Waals surface area contributed by atoms with Crippen LogP contribution in [-0.2, 0) is 6.42 Å². The molecular weight excluding hydrogens is 454 g/mol. The van der Waals surface area contributed by atoms with Crippen molar-refractivity contribution in [3.8, 4) is 11.3 Å². The number of thiazole rings is 1. The summed E-state index contributed by atoms with van der Waals surface area (Å²) < 4.78 is 1.97. The maximum absolute atomic E-state index is 6.74. The molecule has 0 amide bonds. The number of nitrogens with zero attached hydrogens (tertiary/aromatic N) is 6. The summed E-state index contributed by atoms with van der Waals surface area (Å²) in [5.41, 5.74) is 12.5. The number of piperidine rings is 1. The molecule has 33 heavy (non-hydrogen) atoms. The standard InChI is InChI=1S/C24H26ClN7S/c1-13-19(25)16(4-8-27-13)21-14(2)29-23(17-5-9-28-32(17)21)31-10-6-24(7-11-31)12-18-20(22(24)26)30-15(3)33-18/h4-5,8-9,22H,6-7,10-12,26H2,1-3H3/t22-/m1/s1. The van der Waals surface area contributed by atoms with Gasteiger partial charge in [-0.3, -0.25) is 4.98 Å². The summed E-state index contributed by atoms with van der Waals surface area (Å²) in [6.45, 7) is 7.85. The second-order valence-corrected chi connectivity index (χ2v) is 11.0. The van der Waals surface area contributed by atoms with Crippen molar-refractivity contribution in [3.63, 3.8) is 0 Å². The van der Waals surface area contributed by atoms with Gasteiger partial charge in [-0.1, -0.05) is 11.6 Å². The van der Waals surface area contributed by atoms with Crippen molar-refractivity contribution in [3.05, 3.63) is 56.5 Å². The first-order chi connectivity index (χ1) is 15.9. The van der Waals surface area contributed by atoms with Crippen LogP contribution in [0.5, 0.6) is 0 Å². The lowest BCUT2D eigenvalue weighted by Crippen LogP contribution is -2.45.